The average Bonchev–Trinajstić information content (AvgIpc) is 3.16. The van der Waals surface area contributed by atoms with Gasteiger partial charge in [-0.05, 0) is 77.0 Å². The summed E-state index contributed by atoms with van der Waals surface area (Å²) in [7, 11) is 1.24. The Bertz CT molecular complexity index is 1090. The molecule has 0 radical (unpaired) electrons. The van der Waals surface area contributed by atoms with E-state index in [1.165, 1.54) is 77.0 Å². The van der Waals surface area contributed by atoms with Gasteiger partial charge in [-0.3, -0.25) is 9.36 Å². The van der Waals surface area contributed by atoms with Gasteiger partial charge < -0.3 is 38.1 Å². The maximum absolute atomic E-state index is 12.7. The van der Waals surface area contributed by atoms with Crippen LogP contribution in [0.25, 0.3) is 0 Å². The van der Waals surface area contributed by atoms with Gasteiger partial charge in [0, 0.05) is 13.0 Å². The van der Waals surface area contributed by atoms with Crippen LogP contribution in [0, 0.1) is 0 Å². The fourth-order valence-corrected chi connectivity index (χ4v) is 6.56. The van der Waals surface area contributed by atoms with Crippen LogP contribution in [0.1, 0.15) is 168 Å². The molecule has 0 spiro atoms. The lowest BCUT2D eigenvalue weighted by atomic mass is 10.1. The summed E-state index contributed by atoms with van der Waals surface area (Å²) in [4.78, 5) is 25.0. The van der Waals surface area contributed by atoms with Gasteiger partial charge in [-0.25, -0.2) is 0 Å². The summed E-state index contributed by atoms with van der Waals surface area (Å²) in [6, 6.07) is 0. The largest absolute Gasteiger partial charge is 0.756 e. The molecule has 11 heteroatoms. The minimum atomic E-state index is -4.57. The number of nitrogens with zero attached hydrogens (tertiary/aromatic N) is 1. The number of phosphoric acid groups is 1. The van der Waals surface area contributed by atoms with E-state index in [9.17, 15) is 24.5 Å². The zero-order valence-electron chi connectivity index (χ0n) is 37.0. The van der Waals surface area contributed by atoms with Crippen molar-refractivity contribution < 1.29 is 47.5 Å². The van der Waals surface area contributed by atoms with Crippen molar-refractivity contribution >= 4 is 13.8 Å². The molecule has 0 fully saturated rings. The van der Waals surface area contributed by atoms with Crippen molar-refractivity contribution in [1.29, 1.82) is 0 Å². The number of likely N-dealkylation sites (N-methyl/N-ethyl adjacent to an activating group) is 1. The summed E-state index contributed by atoms with van der Waals surface area (Å²) in [5.74, 6) is -0.437. The molecule has 0 aliphatic carbocycles. The summed E-state index contributed by atoms with van der Waals surface area (Å²) in [6.45, 7) is 5.09. The van der Waals surface area contributed by atoms with Crippen LogP contribution in [0.2, 0.25) is 0 Å². The van der Waals surface area contributed by atoms with Crippen molar-refractivity contribution in [2.45, 2.75) is 186 Å². The number of aliphatic hydroxyl groups is 2. The Morgan fingerprint density at radius 3 is 1.70 bits per heavy atom. The van der Waals surface area contributed by atoms with Gasteiger partial charge in [-0.1, -0.05) is 133 Å². The maximum atomic E-state index is 12.7. The molecule has 0 saturated heterocycles. The minimum Gasteiger partial charge on any atom is -0.756 e. The third kappa shape index (κ3) is 40.9. The van der Waals surface area contributed by atoms with E-state index in [4.69, 9.17) is 18.5 Å². The molecule has 0 aliphatic heterocycles. The lowest BCUT2D eigenvalue weighted by molar-refractivity contribution is -0.870. The first-order valence-corrected chi connectivity index (χ1v) is 24.0. The van der Waals surface area contributed by atoms with E-state index < -0.39 is 32.1 Å². The summed E-state index contributed by atoms with van der Waals surface area (Å²) in [6.07, 6.45) is 38.7. The molecule has 0 amide bonds. The van der Waals surface area contributed by atoms with Gasteiger partial charge in [-0.2, -0.15) is 0 Å². The molecule has 334 valence electrons. The van der Waals surface area contributed by atoms with Crippen molar-refractivity contribution in [3.05, 3.63) is 48.6 Å². The number of hydrogen-bond donors (Lipinski definition) is 2. The molecule has 0 saturated carbocycles. The normalized spacial score (nSPS) is 15.3. The fraction of sp³-hybridized carbons (Fsp3) is 0.804. The number of aliphatic hydroxyl groups excluding tert-OH is 2. The smallest absolute Gasteiger partial charge is 0.306 e. The van der Waals surface area contributed by atoms with Gasteiger partial charge >= 0.3 is 5.97 Å². The van der Waals surface area contributed by atoms with Gasteiger partial charge in [0.15, 0.2) is 0 Å². The minimum absolute atomic E-state index is 0.00724. The number of allylic oxidation sites excluding steroid dienone is 6. The summed E-state index contributed by atoms with van der Waals surface area (Å²) in [5.41, 5.74) is 0. The second kappa shape index (κ2) is 38.6. The predicted molar refractivity (Wildman–Crippen MR) is 234 cm³/mol. The van der Waals surface area contributed by atoms with Crippen LogP contribution in [0.5, 0.6) is 0 Å². The highest BCUT2D eigenvalue weighted by Gasteiger charge is 2.20. The number of rotatable bonds is 41. The van der Waals surface area contributed by atoms with Gasteiger partial charge in [0.05, 0.1) is 46.6 Å². The lowest BCUT2D eigenvalue weighted by Gasteiger charge is -2.28. The lowest BCUT2D eigenvalue weighted by Crippen LogP contribution is -2.37. The Balaban J connectivity index is 4.44. The highest BCUT2D eigenvalue weighted by atomic mass is 31.2. The van der Waals surface area contributed by atoms with E-state index in [-0.39, 0.29) is 26.2 Å². The van der Waals surface area contributed by atoms with Crippen LogP contribution < -0.4 is 4.89 Å². The molecule has 0 heterocycles. The molecule has 57 heavy (non-hydrogen) atoms. The number of hydrogen-bond acceptors (Lipinski definition) is 9. The standard InChI is InChI=1S/C46H86NO9P/c1-6-8-10-12-14-15-16-17-18-19-20-21-22-26-30-34-39-53-41-43(42-55-57(51,52)54-40-38-47(3,4)5)56-46(50)37-33-29-25-23-24-28-32-36-45(49)44(48)35-31-27-13-11-9-7-2/h17-18,23,25,27-28,31-32,43-45,48-49H,6-16,19-22,24,26,29-30,33-42H2,1-5H3/b18-17-,25-23-,31-27+,32-28-. The average molecular weight is 828 g/mol. The Hall–Kier alpha value is -1.62. The van der Waals surface area contributed by atoms with Crippen LogP contribution in [-0.2, 0) is 27.9 Å². The second-order valence-corrected chi connectivity index (χ2v) is 17.8. The zero-order valence-corrected chi connectivity index (χ0v) is 37.9. The molecule has 0 aromatic carbocycles. The first-order valence-electron chi connectivity index (χ1n) is 22.5. The van der Waals surface area contributed by atoms with Crippen LogP contribution in [-0.4, -0.2) is 93.1 Å². The molecular formula is C46H86NO9P. The highest BCUT2D eigenvalue weighted by Crippen LogP contribution is 2.38. The molecule has 4 unspecified atom stereocenters. The third-order valence-electron chi connectivity index (χ3n) is 9.53. The summed E-state index contributed by atoms with van der Waals surface area (Å²) >= 11 is 0. The molecule has 0 aliphatic rings. The molecule has 2 N–H and O–H groups in total. The van der Waals surface area contributed by atoms with E-state index in [0.717, 1.165) is 38.5 Å². The van der Waals surface area contributed by atoms with Crippen LogP contribution in [0.3, 0.4) is 0 Å². The number of phosphoric ester groups is 1. The molecule has 0 rings (SSSR count). The Morgan fingerprint density at radius 2 is 1.09 bits per heavy atom. The second-order valence-electron chi connectivity index (χ2n) is 16.4. The zero-order chi connectivity index (χ0) is 42.3. The first-order chi connectivity index (χ1) is 27.4. The van der Waals surface area contributed by atoms with E-state index in [2.05, 4.69) is 32.1 Å². The SMILES string of the molecule is CCCCC/C=C/CC(O)C(O)C/C=C\C/C=C\CCCC(=O)OC(COCCCCCCCC/C=C\CCCCCCCC)COP(=O)([O-])OCC[N+](C)(C)C. The van der Waals surface area contributed by atoms with E-state index >= 15 is 0 Å². The summed E-state index contributed by atoms with van der Waals surface area (Å²) in [5, 5.41) is 20.3. The molecule has 10 nitrogen and oxygen atoms in total. The number of esters is 1. The molecule has 0 aromatic rings. The molecule has 4 atom stereocenters. The quantitative estimate of drug-likeness (QED) is 0.0203. The molecular weight excluding hydrogens is 741 g/mol. The van der Waals surface area contributed by atoms with Gasteiger partial charge in [0.2, 0.25) is 0 Å². The van der Waals surface area contributed by atoms with Crippen LogP contribution in [0.15, 0.2) is 48.6 Å². The van der Waals surface area contributed by atoms with Crippen molar-refractivity contribution in [2.24, 2.45) is 0 Å². The fourth-order valence-electron chi connectivity index (χ4n) is 5.83. The molecule has 0 aromatic heterocycles. The van der Waals surface area contributed by atoms with Crippen molar-refractivity contribution in [3.8, 4) is 0 Å². The van der Waals surface area contributed by atoms with Gasteiger partial charge in [0.25, 0.3) is 7.82 Å². The topological polar surface area (TPSA) is 135 Å². The van der Waals surface area contributed by atoms with E-state index in [1.54, 1.807) is 0 Å². The Labute approximate surface area is 349 Å². The maximum Gasteiger partial charge on any atom is 0.306 e. The van der Waals surface area contributed by atoms with Crippen molar-refractivity contribution in [2.75, 3.05) is 54.1 Å². The first kappa shape index (κ1) is 55.4. The molecule has 0 bridgehead atoms. The Morgan fingerprint density at radius 1 is 0.614 bits per heavy atom. The van der Waals surface area contributed by atoms with E-state index in [0.29, 0.717) is 49.7 Å². The predicted octanol–water partition coefficient (Wildman–Crippen LogP) is 10.5. The van der Waals surface area contributed by atoms with Crippen LogP contribution in [0.4, 0.5) is 0 Å². The van der Waals surface area contributed by atoms with Crippen molar-refractivity contribution in [3.63, 3.8) is 0 Å². The van der Waals surface area contributed by atoms with Crippen LogP contribution >= 0.6 is 7.82 Å². The number of carbonyl (C=O) groups excluding carboxylic acids is 1. The number of unbranched alkanes of at least 4 members (excludes halogenated alkanes) is 16. The van der Waals surface area contributed by atoms with Crippen molar-refractivity contribution in [1.82, 2.24) is 0 Å². The highest BCUT2D eigenvalue weighted by molar-refractivity contribution is 7.45. The number of ether oxygens (including phenoxy) is 2. The Kier molecular flexibility index (Phi) is 37.5. The van der Waals surface area contributed by atoms with E-state index in [1.807, 2.05) is 51.5 Å². The monoisotopic (exact) mass is 828 g/mol. The number of quaternary nitrogens is 1. The number of carbonyl (C=O) groups is 1. The van der Waals surface area contributed by atoms with Gasteiger partial charge in [0.1, 0.15) is 19.3 Å². The summed E-state index contributed by atoms with van der Waals surface area (Å²) < 4.78 is 34.4. The van der Waals surface area contributed by atoms with Gasteiger partial charge in [-0.15, -0.1) is 0 Å². The third-order valence-corrected chi connectivity index (χ3v) is 10.5.